The molecule has 144 valence electrons. The van der Waals surface area contributed by atoms with E-state index in [9.17, 15) is 18.0 Å². The van der Waals surface area contributed by atoms with Gasteiger partial charge in [0.1, 0.15) is 0 Å². The van der Waals surface area contributed by atoms with Crippen molar-refractivity contribution in [1.82, 2.24) is 0 Å². The van der Waals surface area contributed by atoms with Crippen LogP contribution in [0.15, 0.2) is 53.4 Å². The van der Waals surface area contributed by atoms with E-state index in [1.165, 1.54) is 43.0 Å². The van der Waals surface area contributed by atoms with E-state index in [-0.39, 0.29) is 11.5 Å². The predicted molar refractivity (Wildman–Crippen MR) is 107 cm³/mol. The van der Waals surface area contributed by atoms with Gasteiger partial charge in [0.15, 0.2) is 6.10 Å². The van der Waals surface area contributed by atoms with Gasteiger partial charge in [-0.3, -0.25) is 14.3 Å². The van der Waals surface area contributed by atoms with Crippen LogP contribution < -0.4 is 4.72 Å². The summed E-state index contributed by atoms with van der Waals surface area (Å²) in [5, 5.41) is 0. The number of ketones is 1. The molecular formula is C19H21NO5S2. The number of Topliss-reactive ketones (excluding diaryl/α,β-unsaturated/α-hetero) is 1. The lowest BCUT2D eigenvalue weighted by molar-refractivity contribution is -0.143. The van der Waals surface area contributed by atoms with Crippen LogP contribution in [0.2, 0.25) is 0 Å². The molecule has 0 amide bonds. The van der Waals surface area contributed by atoms with E-state index in [1.54, 1.807) is 0 Å². The summed E-state index contributed by atoms with van der Waals surface area (Å²) >= 11 is 1.36. The van der Waals surface area contributed by atoms with Crippen LogP contribution in [-0.4, -0.2) is 38.3 Å². The molecule has 1 atom stereocenters. The second kappa shape index (κ2) is 9.05. The van der Waals surface area contributed by atoms with E-state index < -0.39 is 22.1 Å². The summed E-state index contributed by atoms with van der Waals surface area (Å²) in [7, 11) is -3.38. The molecule has 8 heteroatoms. The molecule has 0 spiro atoms. The molecule has 2 rings (SSSR count). The maximum atomic E-state index is 12.4. The molecule has 0 saturated carbocycles. The lowest BCUT2D eigenvalue weighted by atomic mass is 10.1. The van der Waals surface area contributed by atoms with Crippen molar-refractivity contribution in [3.63, 3.8) is 0 Å². The zero-order valence-electron chi connectivity index (χ0n) is 15.3. The number of hydrogen-bond acceptors (Lipinski definition) is 6. The number of ether oxygens (including phenoxy) is 1. The molecule has 0 bridgehead atoms. The number of benzene rings is 2. The van der Waals surface area contributed by atoms with Gasteiger partial charge in [0, 0.05) is 16.1 Å². The van der Waals surface area contributed by atoms with Gasteiger partial charge in [0.2, 0.25) is 15.8 Å². The van der Waals surface area contributed by atoms with E-state index in [2.05, 4.69) is 4.72 Å². The minimum atomic E-state index is -3.38. The van der Waals surface area contributed by atoms with E-state index in [1.807, 2.05) is 31.2 Å². The van der Waals surface area contributed by atoms with E-state index >= 15 is 0 Å². The van der Waals surface area contributed by atoms with Gasteiger partial charge in [-0.25, -0.2) is 8.42 Å². The molecule has 0 aliphatic heterocycles. The molecule has 6 nitrogen and oxygen atoms in total. The molecule has 0 aliphatic rings. The second-order valence-electron chi connectivity index (χ2n) is 6.00. The zero-order valence-corrected chi connectivity index (χ0v) is 16.9. The molecule has 0 radical (unpaired) electrons. The van der Waals surface area contributed by atoms with Crippen LogP contribution in [0.25, 0.3) is 0 Å². The third-order valence-electron chi connectivity index (χ3n) is 3.59. The number of hydrogen-bond donors (Lipinski definition) is 1. The first-order valence-corrected chi connectivity index (χ1v) is 11.0. The van der Waals surface area contributed by atoms with Crippen molar-refractivity contribution in [1.29, 1.82) is 0 Å². The van der Waals surface area contributed by atoms with Gasteiger partial charge < -0.3 is 4.74 Å². The number of aryl methyl sites for hydroxylation is 1. The first-order chi connectivity index (χ1) is 12.7. The normalized spacial score (nSPS) is 12.3. The van der Waals surface area contributed by atoms with E-state index in [4.69, 9.17) is 4.74 Å². The Morgan fingerprint density at radius 1 is 1.11 bits per heavy atom. The Morgan fingerprint density at radius 3 is 2.33 bits per heavy atom. The number of nitrogens with one attached hydrogen (secondary N) is 1. The first-order valence-electron chi connectivity index (χ1n) is 8.15. The summed E-state index contributed by atoms with van der Waals surface area (Å²) in [5.74, 6) is -0.714. The number of esters is 1. The number of carbonyl (C=O) groups is 2. The van der Waals surface area contributed by atoms with Crippen LogP contribution in [0.1, 0.15) is 22.8 Å². The standard InChI is InChI=1S/C19H21NO5S2/c1-13-6-4-5-7-17(13)26-12-18(21)25-14(2)19(22)15-8-10-16(11-9-15)20-27(3,23)24/h4-11,14,20H,12H2,1-3H3/t14-/m0/s1. The Kier molecular flexibility index (Phi) is 7.04. The molecule has 1 N–H and O–H groups in total. The fourth-order valence-corrected chi connectivity index (χ4v) is 3.67. The topological polar surface area (TPSA) is 89.5 Å². The highest BCUT2D eigenvalue weighted by Gasteiger charge is 2.20. The van der Waals surface area contributed by atoms with Crippen molar-refractivity contribution < 1.29 is 22.7 Å². The highest BCUT2D eigenvalue weighted by Crippen LogP contribution is 2.22. The Hall–Kier alpha value is -2.32. The van der Waals surface area contributed by atoms with Gasteiger partial charge in [-0.1, -0.05) is 18.2 Å². The third kappa shape index (κ3) is 6.73. The molecule has 27 heavy (non-hydrogen) atoms. The summed E-state index contributed by atoms with van der Waals surface area (Å²) in [6, 6.07) is 13.7. The summed E-state index contributed by atoms with van der Waals surface area (Å²) < 4.78 is 29.9. The van der Waals surface area contributed by atoms with Crippen molar-refractivity contribution in [2.45, 2.75) is 24.8 Å². The number of thioether (sulfide) groups is 1. The summed E-state index contributed by atoms with van der Waals surface area (Å²) in [4.78, 5) is 25.4. The van der Waals surface area contributed by atoms with Crippen LogP contribution in [0, 0.1) is 6.92 Å². The third-order valence-corrected chi connectivity index (χ3v) is 5.34. The fraction of sp³-hybridized carbons (Fsp3) is 0.263. The molecular weight excluding hydrogens is 386 g/mol. The van der Waals surface area contributed by atoms with E-state index in [0.29, 0.717) is 11.3 Å². The Bertz CT molecular complexity index is 923. The SMILES string of the molecule is Cc1ccccc1SCC(=O)O[C@@H](C)C(=O)c1ccc(NS(C)(=O)=O)cc1. The molecule has 0 unspecified atom stereocenters. The average Bonchev–Trinajstić information content (AvgIpc) is 2.59. The smallest absolute Gasteiger partial charge is 0.316 e. The molecule has 0 aromatic heterocycles. The quantitative estimate of drug-likeness (QED) is 0.410. The average molecular weight is 408 g/mol. The maximum Gasteiger partial charge on any atom is 0.316 e. The van der Waals surface area contributed by atoms with Gasteiger partial charge in [-0.05, 0) is 49.7 Å². The molecule has 0 aliphatic carbocycles. The van der Waals surface area contributed by atoms with Crippen LogP contribution in [0.4, 0.5) is 5.69 Å². The van der Waals surface area contributed by atoms with Crippen LogP contribution in [0.5, 0.6) is 0 Å². The number of carbonyl (C=O) groups excluding carboxylic acids is 2. The van der Waals surface area contributed by atoms with Crippen molar-refractivity contribution >= 4 is 39.2 Å². The van der Waals surface area contributed by atoms with Gasteiger partial charge in [-0.15, -0.1) is 11.8 Å². The van der Waals surface area contributed by atoms with Gasteiger partial charge in [0.05, 0.1) is 12.0 Å². The minimum Gasteiger partial charge on any atom is -0.454 e. The molecule has 2 aromatic rings. The van der Waals surface area contributed by atoms with Gasteiger partial charge in [0.25, 0.3) is 0 Å². The fourth-order valence-electron chi connectivity index (χ4n) is 2.29. The summed E-state index contributed by atoms with van der Waals surface area (Å²) in [6.07, 6.45) is 0.117. The van der Waals surface area contributed by atoms with Crippen LogP contribution in [0.3, 0.4) is 0 Å². The highest BCUT2D eigenvalue weighted by atomic mass is 32.2. The predicted octanol–water partition coefficient (Wildman–Crippen LogP) is 3.27. The van der Waals surface area contributed by atoms with Crippen molar-refractivity contribution in [3.8, 4) is 0 Å². The molecule has 0 saturated heterocycles. The Morgan fingerprint density at radius 2 is 1.74 bits per heavy atom. The van der Waals surface area contributed by atoms with Gasteiger partial charge >= 0.3 is 5.97 Å². The highest BCUT2D eigenvalue weighted by molar-refractivity contribution is 8.00. The second-order valence-corrected chi connectivity index (χ2v) is 8.77. The Labute approximate surface area is 163 Å². The minimum absolute atomic E-state index is 0.111. The number of sulfonamides is 1. The van der Waals surface area contributed by atoms with Crippen molar-refractivity contribution in [3.05, 3.63) is 59.7 Å². The molecule has 0 fully saturated rings. The largest absolute Gasteiger partial charge is 0.454 e. The van der Waals surface area contributed by atoms with Crippen molar-refractivity contribution in [2.24, 2.45) is 0 Å². The lowest BCUT2D eigenvalue weighted by Gasteiger charge is -2.13. The first kappa shape index (κ1) is 21.0. The van der Waals surface area contributed by atoms with Crippen molar-refractivity contribution in [2.75, 3.05) is 16.7 Å². The summed E-state index contributed by atoms with van der Waals surface area (Å²) in [5.41, 5.74) is 1.76. The lowest BCUT2D eigenvalue weighted by Crippen LogP contribution is -2.25. The summed E-state index contributed by atoms with van der Waals surface area (Å²) in [6.45, 7) is 3.48. The van der Waals surface area contributed by atoms with Crippen LogP contribution in [-0.2, 0) is 19.6 Å². The Balaban J connectivity index is 1.91. The number of anilines is 1. The molecule has 2 aromatic carbocycles. The monoisotopic (exact) mass is 407 g/mol. The number of rotatable bonds is 8. The maximum absolute atomic E-state index is 12.4. The molecule has 0 heterocycles. The van der Waals surface area contributed by atoms with Crippen LogP contribution >= 0.6 is 11.8 Å². The van der Waals surface area contributed by atoms with Gasteiger partial charge in [-0.2, -0.15) is 0 Å². The zero-order chi connectivity index (χ0) is 20.0. The van der Waals surface area contributed by atoms with E-state index in [0.717, 1.165) is 16.7 Å².